The van der Waals surface area contributed by atoms with Crippen LogP contribution in [0.25, 0.3) is 0 Å². The molecular weight excluding hydrogens is 288 g/mol. The van der Waals surface area contributed by atoms with Crippen LogP contribution in [0.15, 0.2) is 42.5 Å². The minimum absolute atomic E-state index is 0.0888. The van der Waals surface area contributed by atoms with Crippen LogP contribution in [0, 0.1) is 0 Å². The van der Waals surface area contributed by atoms with E-state index in [1.807, 2.05) is 42.5 Å². The lowest BCUT2D eigenvalue weighted by molar-refractivity contribution is -0.114. The molecule has 0 unspecified atom stereocenters. The van der Waals surface area contributed by atoms with Crippen LogP contribution in [0.2, 0.25) is 5.02 Å². The molecule has 0 radical (unpaired) electrons. The maximum Gasteiger partial charge on any atom is 0.221 e. The van der Waals surface area contributed by atoms with E-state index in [1.165, 1.54) is 6.92 Å². The number of halogens is 1. The molecule has 4 nitrogen and oxygen atoms in total. The van der Waals surface area contributed by atoms with E-state index in [9.17, 15) is 4.79 Å². The molecule has 2 aromatic carbocycles. The molecule has 1 amide bonds. The van der Waals surface area contributed by atoms with Crippen molar-refractivity contribution in [3.05, 3.63) is 53.1 Å². The number of nitrogens with one attached hydrogen (secondary N) is 2. The molecule has 21 heavy (non-hydrogen) atoms. The van der Waals surface area contributed by atoms with Crippen molar-refractivity contribution in [3.8, 4) is 5.75 Å². The van der Waals surface area contributed by atoms with E-state index in [2.05, 4.69) is 10.6 Å². The van der Waals surface area contributed by atoms with Crippen LogP contribution in [0.3, 0.4) is 0 Å². The number of ether oxygens (including phenoxy) is 1. The van der Waals surface area contributed by atoms with Crippen LogP contribution in [0.4, 0.5) is 11.4 Å². The van der Waals surface area contributed by atoms with Gasteiger partial charge in [0.05, 0.1) is 12.1 Å². The SMILES string of the molecule is COc1ccc(CNc2cccc(NC(C)=O)c2)cc1Cl. The van der Waals surface area contributed by atoms with E-state index in [4.69, 9.17) is 16.3 Å². The second-order valence-electron chi connectivity index (χ2n) is 4.58. The van der Waals surface area contributed by atoms with Gasteiger partial charge >= 0.3 is 0 Å². The molecule has 2 rings (SSSR count). The fourth-order valence-electron chi connectivity index (χ4n) is 1.93. The molecule has 2 N–H and O–H groups in total. The van der Waals surface area contributed by atoms with E-state index < -0.39 is 0 Å². The van der Waals surface area contributed by atoms with Gasteiger partial charge in [0.1, 0.15) is 5.75 Å². The predicted octanol–water partition coefficient (Wildman–Crippen LogP) is 3.92. The number of rotatable bonds is 5. The maximum absolute atomic E-state index is 11.0. The third-order valence-corrected chi connectivity index (χ3v) is 3.19. The Morgan fingerprint density at radius 2 is 1.95 bits per heavy atom. The van der Waals surface area contributed by atoms with Crippen molar-refractivity contribution in [1.29, 1.82) is 0 Å². The second kappa shape index (κ2) is 6.99. The molecular formula is C16H17ClN2O2. The third-order valence-electron chi connectivity index (χ3n) is 2.90. The molecule has 0 aromatic heterocycles. The second-order valence-corrected chi connectivity index (χ2v) is 4.99. The number of carbonyl (C=O) groups is 1. The summed E-state index contributed by atoms with van der Waals surface area (Å²) in [5, 5.41) is 6.63. The standard InChI is InChI=1S/C16H17ClN2O2/c1-11(20)19-14-5-3-4-13(9-14)18-10-12-6-7-16(21-2)15(17)8-12/h3-9,18H,10H2,1-2H3,(H,19,20). The average molecular weight is 305 g/mol. The number of benzene rings is 2. The Morgan fingerprint density at radius 1 is 1.19 bits per heavy atom. The van der Waals surface area contributed by atoms with Crippen molar-refractivity contribution >= 4 is 28.9 Å². The Bertz CT molecular complexity index is 644. The fraction of sp³-hybridized carbons (Fsp3) is 0.188. The van der Waals surface area contributed by atoms with Gasteiger partial charge in [-0.15, -0.1) is 0 Å². The van der Waals surface area contributed by atoms with Gasteiger partial charge in [-0.1, -0.05) is 23.7 Å². The first kappa shape index (κ1) is 15.2. The zero-order valence-electron chi connectivity index (χ0n) is 11.9. The lowest BCUT2D eigenvalue weighted by Gasteiger charge is -2.10. The number of anilines is 2. The summed E-state index contributed by atoms with van der Waals surface area (Å²) in [5.41, 5.74) is 2.74. The molecule has 0 spiro atoms. The van der Waals surface area contributed by atoms with Crippen LogP contribution < -0.4 is 15.4 Å². The smallest absolute Gasteiger partial charge is 0.221 e. The van der Waals surface area contributed by atoms with Gasteiger partial charge in [-0.05, 0) is 35.9 Å². The van der Waals surface area contributed by atoms with Crippen LogP contribution in [-0.4, -0.2) is 13.0 Å². The Morgan fingerprint density at radius 3 is 2.62 bits per heavy atom. The summed E-state index contributed by atoms with van der Waals surface area (Å²) in [6, 6.07) is 13.2. The minimum atomic E-state index is -0.0888. The summed E-state index contributed by atoms with van der Waals surface area (Å²) in [5.74, 6) is 0.571. The van der Waals surface area contributed by atoms with Gasteiger partial charge < -0.3 is 15.4 Å². The normalized spacial score (nSPS) is 10.0. The first-order valence-corrected chi connectivity index (χ1v) is 6.90. The van der Waals surface area contributed by atoms with Crippen LogP contribution in [0.1, 0.15) is 12.5 Å². The van der Waals surface area contributed by atoms with Crippen LogP contribution >= 0.6 is 11.6 Å². The monoisotopic (exact) mass is 304 g/mol. The topological polar surface area (TPSA) is 50.4 Å². The summed E-state index contributed by atoms with van der Waals surface area (Å²) in [7, 11) is 1.59. The molecule has 0 aliphatic rings. The largest absolute Gasteiger partial charge is 0.495 e. The molecule has 0 heterocycles. The third kappa shape index (κ3) is 4.39. The molecule has 0 aliphatic carbocycles. The van der Waals surface area contributed by atoms with Crippen LogP contribution in [-0.2, 0) is 11.3 Å². The van der Waals surface area contributed by atoms with Crippen molar-refractivity contribution in [2.45, 2.75) is 13.5 Å². The van der Waals surface area contributed by atoms with Gasteiger partial charge in [0.25, 0.3) is 0 Å². The average Bonchev–Trinajstić information content (AvgIpc) is 2.45. The highest BCUT2D eigenvalue weighted by Crippen LogP contribution is 2.25. The molecule has 2 aromatic rings. The Kier molecular flexibility index (Phi) is 5.06. The van der Waals surface area contributed by atoms with Crippen molar-refractivity contribution in [3.63, 3.8) is 0 Å². The van der Waals surface area contributed by atoms with E-state index in [0.29, 0.717) is 17.3 Å². The summed E-state index contributed by atoms with van der Waals surface area (Å²) >= 11 is 6.09. The zero-order chi connectivity index (χ0) is 15.2. The quantitative estimate of drug-likeness (QED) is 0.880. The molecule has 0 aliphatic heterocycles. The lowest BCUT2D eigenvalue weighted by atomic mass is 10.2. The Balaban J connectivity index is 2.02. The highest BCUT2D eigenvalue weighted by Gasteiger charge is 2.02. The van der Waals surface area contributed by atoms with Gasteiger partial charge in [-0.3, -0.25) is 4.79 Å². The highest BCUT2D eigenvalue weighted by molar-refractivity contribution is 6.32. The van der Waals surface area contributed by atoms with E-state index in [1.54, 1.807) is 7.11 Å². The van der Waals surface area contributed by atoms with Crippen molar-refractivity contribution < 1.29 is 9.53 Å². The van der Waals surface area contributed by atoms with Crippen molar-refractivity contribution in [1.82, 2.24) is 0 Å². The van der Waals surface area contributed by atoms with Gasteiger partial charge in [0.15, 0.2) is 0 Å². The summed E-state index contributed by atoms with van der Waals surface area (Å²) < 4.78 is 5.12. The van der Waals surface area contributed by atoms with E-state index in [-0.39, 0.29) is 5.91 Å². The minimum Gasteiger partial charge on any atom is -0.495 e. The van der Waals surface area contributed by atoms with E-state index in [0.717, 1.165) is 16.9 Å². The number of hydrogen-bond donors (Lipinski definition) is 2. The van der Waals surface area contributed by atoms with Gasteiger partial charge in [0.2, 0.25) is 5.91 Å². The number of carbonyl (C=O) groups excluding carboxylic acids is 1. The van der Waals surface area contributed by atoms with Gasteiger partial charge in [-0.25, -0.2) is 0 Å². The maximum atomic E-state index is 11.0. The lowest BCUT2D eigenvalue weighted by Crippen LogP contribution is -2.06. The molecule has 0 bridgehead atoms. The molecule has 5 heteroatoms. The number of methoxy groups -OCH3 is 1. The fourth-order valence-corrected chi connectivity index (χ4v) is 2.21. The first-order chi connectivity index (χ1) is 10.1. The molecule has 0 saturated carbocycles. The predicted molar refractivity (Wildman–Crippen MR) is 86.1 cm³/mol. The van der Waals surface area contributed by atoms with Crippen molar-refractivity contribution in [2.75, 3.05) is 17.7 Å². The van der Waals surface area contributed by atoms with Crippen LogP contribution in [0.5, 0.6) is 5.75 Å². The zero-order valence-corrected chi connectivity index (χ0v) is 12.7. The molecule has 110 valence electrons. The van der Waals surface area contributed by atoms with Gasteiger partial charge in [-0.2, -0.15) is 0 Å². The number of amides is 1. The molecule has 0 fully saturated rings. The number of hydrogen-bond acceptors (Lipinski definition) is 3. The summed E-state index contributed by atoms with van der Waals surface area (Å²) in [4.78, 5) is 11.0. The molecule has 0 saturated heterocycles. The van der Waals surface area contributed by atoms with Crippen molar-refractivity contribution in [2.24, 2.45) is 0 Å². The Hall–Kier alpha value is -2.20. The highest BCUT2D eigenvalue weighted by atomic mass is 35.5. The molecule has 0 atom stereocenters. The summed E-state index contributed by atoms with van der Waals surface area (Å²) in [6.45, 7) is 2.12. The first-order valence-electron chi connectivity index (χ1n) is 6.52. The Labute approximate surface area is 129 Å². The summed E-state index contributed by atoms with van der Waals surface area (Å²) in [6.07, 6.45) is 0. The van der Waals surface area contributed by atoms with Gasteiger partial charge in [0, 0.05) is 24.8 Å². The van der Waals surface area contributed by atoms with E-state index >= 15 is 0 Å².